The van der Waals surface area contributed by atoms with Gasteiger partial charge in [0.05, 0.1) is 16.9 Å². The molecular formula is C35H37F3N4O2S2. The summed E-state index contributed by atoms with van der Waals surface area (Å²) in [5, 5.41) is 1.78. The highest BCUT2D eigenvalue weighted by Crippen LogP contribution is 2.49. The fraction of sp³-hybridized carbons (Fsp3) is 0.343. The minimum Gasteiger partial charge on any atom is -0.463 e. The van der Waals surface area contributed by atoms with E-state index in [-0.39, 0.29) is 11.2 Å². The largest absolute Gasteiger partial charge is 0.463 e. The molecule has 2 N–H and O–H groups in total. The van der Waals surface area contributed by atoms with Crippen LogP contribution in [0, 0.1) is 0 Å². The monoisotopic (exact) mass is 666 g/mol. The Bertz CT molecular complexity index is 1690. The number of anilines is 3. The maximum atomic E-state index is 13.5. The van der Waals surface area contributed by atoms with Crippen molar-refractivity contribution >= 4 is 57.3 Å². The molecule has 1 saturated heterocycles. The Balaban J connectivity index is 0.946. The highest BCUT2D eigenvalue weighted by Gasteiger charge is 2.33. The van der Waals surface area contributed by atoms with Crippen molar-refractivity contribution < 1.29 is 22.7 Å². The highest BCUT2D eigenvalue weighted by molar-refractivity contribution is 8.00. The fourth-order valence-corrected chi connectivity index (χ4v) is 7.92. The lowest BCUT2D eigenvalue weighted by Crippen LogP contribution is -2.47. The summed E-state index contributed by atoms with van der Waals surface area (Å²) in [6.45, 7) is 7.87. The third-order valence-corrected chi connectivity index (χ3v) is 10.7. The van der Waals surface area contributed by atoms with Gasteiger partial charge in [-0.05, 0) is 73.1 Å². The predicted octanol–water partition coefficient (Wildman–Crippen LogP) is 7.78. The number of nitrogens with zero attached hydrogens (tertiary/aromatic N) is 3. The molecule has 11 heteroatoms. The number of nitrogen functional groups attached to an aromatic ring is 1. The molecule has 0 radical (unpaired) electrons. The van der Waals surface area contributed by atoms with Gasteiger partial charge in [-0.3, -0.25) is 9.69 Å². The van der Waals surface area contributed by atoms with E-state index in [0.29, 0.717) is 31.1 Å². The standard InChI is InChI=1S/C35H37F3N4O2S2/c1-24(45-33-22-26-8-3-2-7-25(26)21-28(33)39)34(43)44-20-19-41-17-15-40(16-18-41)13-6-14-42-29-9-4-5-10-31(29)46-32-12-11-27(23-30(32)42)35(36,37)38/h2-5,7-12,21-24H,6,13-20,39H2,1H3. The molecule has 2 aliphatic heterocycles. The van der Waals surface area contributed by atoms with Crippen molar-refractivity contribution in [3.8, 4) is 0 Å². The van der Waals surface area contributed by atoms with Crippen LogP contribution < -0.4 is 10.6 Å². The quantitative estimate of drug-likeness (QED) is 0.105. The zero-order valence-electron chi connectivity index (χ0n) is 25.6. The number of carbonyl (C=O) groups excluding carboxylic acids is 1. The van der Waals surface area contributed by atoms with Crippen molar-refractivity contribution in [3.05, 3.63) is 84.4 Å². The third kappa shape index (κ3) is 7.60. The number of esters is 1. The number of para-hydroxylation sites is 1. The lowest BCUT2D eigenvalue weighted by atomic mass is 10.1. The van der Waals surface area contributed by atoms with Crippen molar-refractivity contribution in [2.24, 2.45) is 0 Å². The molecule has 0 saturated carbocycles. The molecule has 0 aromatic heterocycles. The van der Waals surface area contributed by atoms with Crippen molar-refractivity contribution in [1.82, 2.24) is 9.80 Å². The molecule has 46 heavy (non-hydrogen) atoms. The Morgan fingerprint density at radius 2 is 1.52 bits per heavy atom. The maximum absolute atomic E-state index is 13.5. The summed E-state index contributed by atoms with van der Waals surface area (Å²) in [6.07, 6.45) is -3.56. The topological polar surface area (TPSA) is 62.0 Å². The highest BCUT2D eigenvalue weighted by atomic mass is 32.2. The van der Waals surface area contributed by atoms with Crippen LogP contribution >= 0.6 is 23.5 Å². The van der Waals surface area contributed by atoms with Crippen LogP contribution in [-0.2, 0) is 15.7 Å². The smallest absolute Gasteiger partial charge is 0.416 e. The first kappa shape index (κ1) is 32.6. The minimum absolute atomic E-state index is 0.252. The second-order valence-electron chi connectivity index (χ2n) is 11.6. The molecular weight excluding hydrogens is 630 g/mol. The van der Waals surface area contributed by atoms with Crippen LogP contribution in [0.4, 0.5) is 30.2 Å². The van der Waals surface area contributed by atoms with E-state index in [9.17, 15) is 18.0 Å². The van der Waals surface area contributed by atoms with Crippen molar-refractivity contribution in [1.29, 1.82) is 0 Å². The van der Waals surface area contributed by atoms with Gasteiger partial charge in [-0.25, -0.2) is 0 Å². The summed E-state index contributed by atoms with van der Waals surface area (Å²) >= 11 is 2.93. The fourth-order valence-electron chi connectivity index (χ4n) is 5.91. The van der Waals surface area contributed by atoms with Gasteiger partial charge in [-0.15, -0.1) is 11.8 Å². The SMILES string of the molecule is CC(Sc1cc2ccccc2cc1N)C(=O)OCCN1CCN(CCCN2c3ccccc3Sc3ccc(C(F)(F)F)cc32)CC1. The van der Waals surface area contributed by atoms with Gasteiger partial charge in [0.25, 0.3) is 0 Å². The van der Waals surface area contributed by atoms with E-state index in [0.717, 1.165) is 70.3 Å². The number of ether oxygens (including phenoxy) is 1. The average molecular weight is 667 g/mol. The van der Waals surface area contributed by atoms with Crippen molar-refractivity contribution in [2.75, 3.05) is 63.1 Å². The summed E-state index contributed by atoms with van der Waals surface area (Å²) in [4.78, 5) is 22.2. The Kier molecular flexibility index (Phi) is 10.0. The van der Waals surface area contributed by atoms with Gasteiger partial charge in [0.15, 0.2) is 0 Å². The molecule has 6 rings (SSSR count). The van der Waals surface area contributed by atoms with E-state index < -0.39 is 11.7 Å². The zero-order chi connectivity index (χ0) is 32.3. The number of benzene rings is 4. The molecule has 242 valence electrons. The van der Waals surface area contributed by atoms with Crippen LogP contribution in [-0.4, -0.2) is 73.4 Å². The molecule has 4 aromatic carbocycles. The Morgan fingerprint density at radius 1 is 0.870 bits per heavy atom. The van der Waals surface area contributed by atoms with Gasteiger partial charge in [0.2, 0.25) is 0 Å². The molecule has 1 fully saturated rings. The molecule has 1 unspecified atom stereocenters. The van der Waals surface area contributed by atoms with Crippen LogP contribution in [0.15, 0.2) is 93.5 Å². The van der Waals surface area contributed by atoms with Gasteiger partial charge >= 0.3 is 12.1 Å². The minimum atomic E-state index is -4.38. The number of halogens is 3. The summed E-state index contributed by atoms with van der Waals surface area (Å²) in [5.74, 6) is -0.252. The predicted molar refractivity (Wildman–Crippen MR) is 181 cm³/mol. The number of hydrogen-bond acceptors (Lipinski definition) is 8. The van der Waals surface area contributed by atoms with E-state index in [1.54, 1.807) is 6.07 Å². The lowest BCUT2D eigenvalue weighted by Gasteiger charge is -2.36. The molecule has 4 aromatic rings. The normalized spacial score (nSPS) is 16.2. The van der Waals surface area contributed by atoms with E-state index in [1.165, 1.54) is 35.7 Å². The number of hydrogen-bond donors (Lipinski definition) is 1. The first-order valence-corrected chi connectivity index (χ1v) is 17.2. The van der Waals surface area contributed by atoms with Crippen LogP contribution in [0.5, 0.6) is 0 Å². The molecule has 0 aliphatic carbocycles. The van der Waals surface area contributed by atoms with Crippen LogP contribution in [0.2, 0.25) is 0 Å². The van der Waals surface area contributed by atoms with E-state index in [4.69, 9.17) is 10.5 Å². The zero-order valence-corrected chi connectivity index (χ0v) is 27.3. The summed E-state index contributed by atoms with van der Waals surface area (Å²) < 4.78 is 46.2. The summed E-state index contributed by atoms with van der Waals surface area (Å²) in [6, 6.07) is 23.9. The Morgan fingerprint density at radius 3 is 2.26 bits per heavy atom. The number of alkyl halides is 3. The molecule has 0 bridgehead atoms. The molecule has 1 atom stereocenters. The maximum Gasteiger partial charge on any atom is 0.416 e. The van der Waals surface area contributed by atoms with Gasteiger partial charge in [-0.1, -0.05) is 48.2 Å². The number of rotatable bonds is 10. The first-order chi connectivity index (χ1) is 22.2. The van der Waals surface area contributed by atoms with Crippen LogP contribution in [0.3, 0.4) is 0 Å². The van der Waals surface area contributed by atoms with Crippen molar-refractivity contribution in [3.63, 3.8) is 0 Å². The Hall–Kier alpha value is -3.38. The number of piperazine rings is 1. The van der Waals surface area contributed by atoms with Gasteiger partial charge in [0, 0.05) is 59.6 Å². The van der Waals surface area contributed by atoms with E-state index >= 15 is 0 Å². The summed E-state index contributed by atoms with van der Waals surface area (Å²) in [5.41, 5.74) is 7.84. The second-order valence-corrected chi connectivity index (χ2v) is 14.1. The lowest BCUT2D eigenvalue weighted by molar-refractivity contribution is -0.143. The van der Waals surface area contributed by atoms with E-state index in [2.05, 4.69) is 9.80 Å². The van der Waals surface area contributed by atoms with Gasteiger partial charge in [0.1, 0.15) is 11.9 Å². The van der Waals surface area contributed by atoms with Crippen LogP contribution in [0.25, 0.3) is 10.8 Å². The van der Waals surface area contributed by atoms with Gasteiger partial charge in [-0.2, -0.15) is 13.2 Å². The molecule has 6 nitrogen and oxygen atoms in total. The van der Waals surface area contributed by atoms with E-state index in [1.807, 2.05) is 72.5 Å². The molecule has 2 heterocycles. The number of thioether (sulfide) groups is 1. The number of carbonyl (C=O) groups is 1. The Labute approximate surface area is 276 Å². The van der Waals surface area contributed by atoms with Crippen LogP contribution in [0.1, 0.15) is 18.9 Å². The molecule has 0 spiro atoms. The molecule has 0 amide bonds. The number of nitrogens with two attached hydrogens (primary N) is 1. The number of fused-ring (bicyclic) bond motifs is 3. The average Bonchev–Trinajstić information content (AvgIpc) is 3.04. The van der Waals surface area contributed by atoms with Crippen molar-refractivity contribution in [2.45, 2.75) is 39.5 Å². The first-order valence-electron chi connectivity index (χ1n) is 15.5. The third-order valence-electron chi connectivity index (χ3n) is 8.44. The van der Waals surface area contributed by atoms with Gasteiger partial charge < -0.3 is 20.3 Å². The molecule has 2 aliphatic rings. The second kappa shape index (κ2) is 14.2. The summed E-state index contributed by atoms with van der Waals surface area (Å²) in [7, 11) is 0.